The Labute approximate surface area is 141 Å². The SMILES string of the molecule is C[C@H](NC(=O)N[C@@H]1CCCC[C@@H]1O)c1ccccc1-n1cccn1. The largest absolute Gasteiger partial charge is 0.391 e. The third kappa shape index (κ3) is 3.76. The highest BCUT2D eigenvalue weighted by molar-refractivity contribution is 5.75. The van der Waals surface area contributed by atoms with E-state index in [0.717, 1.165) is 36.9 Å². The van der Waals surface area contributed by atoms with Gasteiger partial charge in [0.05, 0.1) is 23.9 Å². The summed E-state index contributed by atoms with van der Waals surface area (Å²) < 4.78 is 1.79. The fraction of sp³-hybridized carbons (Fsp3) is 0.444. The van der Waals surface area contributed by atoms with Crippen molar-refractivity contribution in [2.45, 2.75) is 50.8 Å². The lowest BCUT2D eigenvalue weighted by molar-refractivity contribution is 0.0941. The lowest BCUT2D eigenvalue weighted by Gasteiger charge is -2.29. The van der Waals surface area contributed by atoms with E-state index >= 15 is 0 Å². The Balaban J connectivity index is 1.67. The normalized spacial score (nSPS) is 21.9. The fourth-order valence-electron chi connectivity index (χ4n) is 3.24. The third-order valence-corrected chi connectivity index (χ3v) is 4.55. The number of nitrogens with zero attached hydrogens (tertiary/aromatic N) is 2. The van der Waals surface area contributed by atoms with Gasteiger partial charge in [-0.25, -0.2) is 9.48 Å². The minimum atomic E-state index is -0.448. The fourth-order valence-corrected chi connectivity index (χ4v) is 3.24. The van der Waals surface area contributed by atoms with Gasteiger partial charge in [-0.2, -0.15) is 5.10 Å². The summed E-state index contributed by atoms with van der Waals surface area (Å²) in [5.74, 6) is 0. The number of para-hydroxylation sites is 1. The van der Waals surface area contributed by atoms with Gasteiger partial charge < -0.3 is 15.7 Å². The first-order valence-electron chi connectivity index (χ1n) is 8.49. The zero-order valence-corrected chi connectivity index (χ0v) is 13.9. The van der Waals surface area contributed by atoms with Gasteiger partial charge in [0.2, 0.25) is 0 Å². The average molecular weight is 328 g/mol. The summed E-state index contributed by atoms with van der Waals surface area (Å²) in [5, 5.41) is 20.1. The molecule has 1 aromatic heterocycles. The lowest BCUT2D eigenvalue weighted by Crippen LogP contribution is -2.49. The van der Waals surface area contributed by atoms with Gasteiger partial charge in [0.15, 0.2) is 0 Å². The molecule has 2 amide bonds. The highest BCUT2D eigenvalue weighted by Crippen LogP contribution is 2.21. The van der Waals surface area contributed by atoms with Gasteiger partial charge in [-0.1, -0.05) is 31.0 Å². The second-order valence-corrected chi connectivity index (χ2v) is 6.31. The number of rotatable bonds is 4. The topological polar surface area (TPSA) is 79.2 Å². The number of urea groups is 1. The zero-order chi connectivity index (χ0) is 16.9. The maximum atomic E-state index is 12.3. The van der Waals surface area contributed by atoms with Gasteiger partial charge in [-0.15, -0.1) is 0 Å². The van der Waals surface area contributed by atoms with Gasteiger partial charge in [0, 0.05) is 12.4 Å². The molecule has 2 aromatic rings. The van der Waals surface area contributed by atoms with Gasteiger partial charge in [0.25, 0.3) is 0 Å². The lowest BCUT2D eigenvalue weighted by atomic mass is 9.93. The van der Waals surface area contributed by atoms with Gasteiger partial charge in [-0.05, 0) is 37.5 Å². The summed E-state index contributed by atoms with van der Waals surface area (Å²) in [7, 11) is 0. The monoisotopic (exact) mass is 328 g/mol. The number of carbonyl (C=O) groups excluding carboxylic acids is 1. The predicted molar refractivity (Wildman–Crippen MR) is 91.9 cm³/mol. The molecular weight excluding hydrogens is 304 g/mol. The molecule has 0 aliphatic heterocycles. The molecule has 0 unspecified atom stereocenters. The van der Waals surface area contributed by atoms with Crippen LogP contribution in [0.15, 0.2) is 42.7 Å². The number of hydrogen-bond acceptors (Lipinski definition) is 3. The van der Waals surface area contributed by atoms with Crippen molar-refractivity contribution in [3.63, 3.8) is 0 Å². The number of amides is 2. The van der Waals surface area contributed by atoms with Gasteiger partial charge >= 0.3 is 6.03 Å². The number of aliphatic hydroxyl groups is 1. The highest BCUT2D eigenvalue weighted by atomic mass is 16.3. The molecule has 0 saturated heterocycles. The van der Waals surface area contributed by atoms with Crippen LogP contribution in [0.4, 0.5) is 4.79 Å². The van der Waals surface area contributed by atoms with Crippen LogP contribution < -0.4 is 10.6 Å². The Morgan fingerprint density at radius 1 is 1.29 bits per heavy atom. The summed E-state index contributed by atoms with van der Waals surface area (Å²) in [6, 6.07) is 9.14. The molecule has 1 fully saturated rings. The standard InChI is InChI=1S/C18H24N4O2/c1-13(20-18(24)21-15-8-3-5-10-17(15)23)14-7-2-4-9-16(14)22-12-6-11-19-22/h2,4,6-7,9,11-13,15,17,23H,3,5,8,10H2,1H3,(H2,20,21,24)/t13-,15+,17-/m0/s1. The minimum Gasteiger partial charge on any atom is -0.391 e. The Morgan fingerprint density at radius 3 is 2.83 bits per heavy atom. The number of aromatic nitrogens is 2. The predicted octanol–water partition coefficient (Wildman–Crippen LogP) is 2.54. The van der Waals surface area contributed by atoms with E-state index in [9.17, 15) is 9.90 Å². The van der Waals surface area contributed by atoms with Crippen molar-refractivity contribution in [2.24, 2.45) is 0 Å². The van der Waals surface area contributed by atoms with Crippen LogP contribution in [0.1, 0.15) is 44.2 Å². The Bertz CT molecular complexity index is 671. The van der Waals surface area contributed by atoms with E-state index < -0.39 is 6.10 Å². The second kappa shape index (κ2) is 7.49. The maximum Gasteiger partial charge on any atom is 0.315 e. The first kappa shape index (κ1) is 16.5. The molecule has 1 aliphatic rings. The minimum absolute atomic E-state index is 0.160. The summed E-state index contributed by atoms with van der Waals surface area (Å²) in [6.07, 6.45) is 6.80. The molecule has 3 N–H and O–H groups in total. The molecule has 1 aliphatic carbocycles. The number of nitrogens with one attached hydrogen (secondary N) is 2. The van der Waals surface area contributed by atoms with Crippen molar-refractivity contribution in [2.75, 3.05) is 0 Å². The van der Waals surface area contributed by atoms with Crippen molar-refractivity contribution in [3.05, 3.63) is 48.3 Å². The van der Waals surface area contributed by atoms with Crippen molar-refractivity contribution in [1.29, 1.82) is 0 Å². The van der Waals surface area contributed by atoms with Crippen LogP contribution in [-0.2, 0) is 0 Å². The van der Waals surface area contributed by atoms with Crippen LogP contribution in [0.3, 0.4) is 0 Å². The maximum absolute atomic E-state index is 12.3. The number of hydrogen-bond donors (Lipinski definition) is 3. The van der Waals surface area contributed by atoms with Crippen LogP contribution in [0.2, 0.25) is 0 Å². The van der Waals surface area contributed by atoms with E-state index in [4.69, 9.17) is 0 Å². The first-order chi connectivity index (χ1) is 11.6. The molecule has 1 aromatic carbocycles. The van der Waals surface area contributed by atoms with E-state index in [2.05, 4.69) is 15.7 Å². The summed E-state index contributed by atoms with van der Waals surface area (Å²) in [4.78, 5) is 12.3. The molecule has 6 nitrogen and oxygen atoms in total. The van der Waals surface area contributed by atoms with Gasteiger partial charge in [0.1, 0.15) is 0 Å². The Hall–Kier alpha value is -2.34. The summed E-state index contributed by atoms with van der Waals surface area (Å²) >= 11 is 0. The van der Waals surface area contributed by atoms with Crippen molar-refractivity contribution >= 4 is 6.03 Å². The highest BCUT2D eigenvalue weighted by Gasteiger charge is 2.25. The molecular formula is C18H24N4O2. The number of benzene rings is 1. The van der Waals surface area contributed by atoms with Crippen molar-refractivity contribution < 1.29 is 9.90 Å². The molecule has 0 bridgehead atoms. The first-order valence-corrected chi connectivity index (χ1v) is 8.49. The molecule has 0 radical (unpaired) electrons. The van der Waals surface area contributed by atoms with Crippen molar-refractivity contribution in [3.8, 4) is 5.69 Å². The zero-order valence-electron chi connectivity index (χ0n) is 13.9. The molecule has 24 heavy (non-hydrogen) atoms. The Morgan fingerprint density at radius 2 is 2.08 bits per heavy atom. The number of carbonyl (C=O) groups is 1. The van der Waals surface area contributed by atoms with Crippen molar-refractivity contribution in [1.82, 2.24) is 20.4 Å². The molecule has 6 heteroatoms. The molecule has 3 atom stereocenters. The second-order valence-electron chi connectivity index (χ2n) is 6.31. The van der Waals surface area contributed by atoms with Crippen LogP contribution in [0, 0.1) is 0 Å². The van der Waals surface area contributed by atoms with Crippen LogP contribution in [-0.4, -0.2) is 33.1 Å². The quantitative estimate of drug-likeness (QED) is 0.807. The van der Waals surface area contributed by atoms with E-state index in [0.29, 0.717) is 0 Å². The molecule has 0 spiro atoms. The summed E-state index contributed by atoms with van der Waals surface area (Å²) in [5.41, 5.74) is 1.92. The van der Waals surface area contributed by atoms with E-state index in [1.165, 1.54) is 0 Å². The molecule has 1 heterocycles. The number of aliphatic hydroxyl groups excluding tert-OH is 1. The third-order valence-electron chi connectivity index (χ3n) is 4.55. The van der Waals surface area contributed by atoms with E-state index in [-0.39, 0.29) is 18.1 Å². The van der Waals surface area contributed by atoms with E-state index in [1.807, 2.05) is 43.5 Å². The smallest absolute Gasteiger partial charge is 0.315 e. The van der Waals surface area contributed by atoms with E-state index in [1.54, 1.807) is 10.9 Å². The summed E-state index contributed by atoms with van der Waals surface area (Å²) in [6.45, 7) is 1.94. The van der Waals surface area contributed by atoms with Crippen LogP contribution >= 0.6 is 0 Å². The van der Waals surface area contributed by atoms with Gasteiger partial charge in [-0.3, -0.25) is 0 Å². The average Bonchev–Trinajstić information content (AvgIpc) is 3.11. The van der Waals surface area contributed by atoms with Crippen LogP contribution in [0.25, 0.3) is 5.69 Å². The molecule has 1 saturated carbocycles. The molecule has 3 rings (SSSR count). The van der Waals surface area contributed by atoms with Crippen LogP contribution in [0.5, 0.6) is 0 Å². The molecule has 128 valence electrons. The Kier molecular flexibility index (Phi) is 5.15.